The number of hydrogen-bond acceptors (Lipinski definition) is 9. The Bertz CT molecular complexity index is 7270. The predicted molar refractivity (Wildman–Crippen MR) is 451 cm³/mol. The van der Waals surface area contributed by atoms with Gasteiger partial charge in [-0.3, -0.25) is 0 Å². The Kier molecular flexibility index (Phi) is 18.1. The van der Waals surface area contributed by atoms with Crippen molar-refractivity contribution in [1.29, 1.82) is 15.8 Å². The molecule has 4 heterocycles. The fourth-order valence-electron chi connectivity index (χ4n) is 15.8. The third-order valence-corrected chi connectivity index (χ3v) is 21.4. The van der Waals surface area contributed by atoms with Crippen LogP contribution in [0.2, 0.25) is 0 Å². The molecule has 0 aliphatic heterocycles. The fourth-order valence-corrected chi connectivity index (χ4v) is 15.8. The Morgan fingerprint density at radius 2 is 0.568 bits per heavy atom. The van der Waals surface area contributed by atoms with E-state index >= 15 is 0 Å². The van der Waals surface area contributed by atoms with Crippen molar-refractivity contribution in [3.8, 4) is 165 Å². The lowest BCUT2D eigenvalue weighted by Gasteiger charge is -2.17. The Labute approximate surface area is 671 Å². The summed E-state index contributed by atoms with van der Waals surface area (Å²) < 4.78 is 92.7. The van der Waals surface area contributed by atoms with Crippen LogP contribution in [0.15, 0.2) is 346 Å². The molecule has 0 aliphatic carbocycles. The molecule has 4 aromatic heterocycles. The van der Waals surface area contributed by atoms with Gasteiger partial charge in [0.05, 0.1) is 68.1 Å². The van der Waals surface area contributed by atoms with Crippen LogP contribution < -0.4 is 0 Å². The van der Waals surface area contributed by atoms with E-state index < -0.39 is 23.5 Å². The first-order valence-corrected chi connectivity index (χ1v) is 37.7. The molecule has 19 aromatic rings. The minimum atomic E-state index is -4.66. The largest absolute Gasteiger partial charge is 0.416 e. The first-order valence-electron chi connectivity index (χ1n) is 37.7. The highest BCUT2D eigenvalue weighted by molar-refractivity contribution is 6.13. The molecule has 0 saturated carbocycles. The highest BCUT2D eigenvalue weighted by Gasteiger charge is 2.33. The van der Waals surface area contributed by atoms with Gasteiger partial charge in [0.25, 0.3) is 0 Å². The highest BCUT2D eigenvalue weighted by atomic mass is 19.4. The summed E-state index contributed by atoms with van der Waals surface area (Å²) in [5.74, 6) is 1.81. The van der Waals surface area contributed by atoms with E-state index in [1.54, 1.807) is 36.4 Å². The molecular formula is C101H57F6N11. The van der Waals surface area contributed by atoms with Gasteiger partial charge in [-0.2, -0.15) is 42.1 Å². The maximum absolute atomic E-state index is 14.8. The van der Waals surface area contributed by atoms with Gasteiger partial charge in [0.2, 0.25) is 0 Å². The zero-order valence-electron chi connectivity index (χ0n) is 62.1. The van der Waals surface area contributed by atoms with Gasteiger partial charge in [-0.1, -0.05) is 243 Å². The van der Waals surface area contributed by atoms with Crippen molar-refractivity contribution >= 4 is 43.6 Å². The molecule has 118 heavy (non-hydrogen) atoms. The van der Waals surface area contributed by atoms with Crippen molar-refractivity contribution in [3.05, 3.63) is 374 Å². The second kappa shape index (κ2) is 29.5. The molecule has 0 atom stereocenters. The molecule has 0 amide bonds. The molecule has 0 N–H and O–H groups in total. The number of nitrogens with zero attached hydrogens (tertiary/aromatic N) is 11. The van der Waals surface area contributed by atoms with Gasteiger partial charge in [-0.25, -0.2) is 29.9 Å². The molecule has 558 valence electrons. The summed E-state index contributed by atoms with van der Waals surface area (Å²) in [6, 6.07) is 111. The monoisotopic (exact) mass is 1540 g/mol. The van der Waals surface area contributed by atoms with Crippen LogP contribution in [0.4, 0.5) is 26.3 Å². The van der Waals surface area contributed by atoms with Crippen LogP contribution >= 0.6 is 0 Å². The lowest BCUT2D eigenvalue weighted by Crippen LogP contribution is -2.05. The Balaban J connectivity index is 0.793. The Hall–Kier alpha value is -16.0. The van der Waals surface area contributed by atoms with E-state index in [2.05, 4.69) is 39.5 Å². The van der Waals surface area contributed by atoms with E-state index in [1.807, 2.05) is 261 Å². The molecule has 11 nitrogen and oxygen atoms in total. The smallest absolute Gasteiger partial charge is 0.309 e. The number of hydrogen-bond donors (Lipinski definition) is 0. The summed E-state index contributed by atoms with van der Waals surface area (Å²) in [4.78, 5) is 30.5. The number of rotatable bonds is 14. The van der Waals surface area contributed by atoms with Crippen LogP contribution in [-0.2, 0) is 12.4 Å². The van der Waals surface area contributed by atoms with Gasteiger partial charge in [0.15, 0.2) is 34.9 Å². The SMILES string of the molecule is N#Cc1cccc(-c2ccc3c(c2)c2ccc(-c4ccc(-c5ccc6c7ccc(-c8ccccc8C#N)cc7n(-c7ccc(-c8cccc(C(F)(F)F)c8)c(-c8nc(-c9ccccc9)nc(-c9ccccc9)n8)c7)c6c5)c(C#N)c4)cc2n3-c2ccc(-c3cccc(C(F)(F)F)c3)c(-c3nc(-c4ccccc4)nc(-c4ccccc4)n3)c2)c1. The molecule has 0 bridgehead atoms. The van der Waals surface area contributed by atoms with Crippen molar-refractivity contribution in [3.63, 3.8) is 0 Å². The standard InChI is InChI=1S/C101H57F6N11/c102-100(103,104)76-31-16-29-70(50-76)82-45-39-78(56-88(82)98-113-94(62-19-5-1-6-20-62)111-95(114-98)63-21-7-2-8-22-63)117-90-47-38-68(66-28-15-18-61(48-66)58-108)52-87(90)86-42-35-69(53-91(86)117)67-34-41-81(75(49-67)60-110)73-37-44-85-84-43-36-72(80-33-14-13-27-74(80)59-109)54-92(84)118(93(85)55-73)79-40-46-83(71-30-17-32-77(51-71)101(105,106)107)89(57-79)99-115-96(64-23-9-3-10-24-64)112-97(116-99)65-25-11-4-12-26-65/h1-57H. The average molecular weight is 1540 g/mol. The summed E-state index contributed by atoms with van der Waals surface area (Å²) in [6.45, 7) is 0. The lowest BCUT2D eigenvalue weighted by atomic mass is 9.94. The molecule has 0 saturated heterocycles. The Morgan fingerprint density at radius 3 is 1.04 bits per heavy atom. The van der Waals surface area contributed by atoms with Crippen molar-refractivity contribution in [2.45, 2.75) is 12.4 Å². The molecule has 0 spiro atoms. The summed E-state index contributed by atoms with van der Waals surface area (Å²) in [5.41, 5.74) is 14.8. The van der Waals surface area contributed by atoms with Gasteiger partial charge in [0.1, 0.15) is 0 Å². The molecule has 19 rings (SSSR count). The van der Waals surface area contributed by atoms with E-state index in [4.69, 9.17) is 29.9 Å². The minimum Gasteiger partial charge on any atom is -0.309 e. The molecule has 15 aromatic carbocycles. The topological polar surface area (TPSA) is 159 Å². The maximum Gasteiger partial charge on any atom is 0.416 e. The van der Waals surface area contributed by atoms with Gasteiger partial charge in [-0.05, 0) is 170 Å². The van der Waals surface area contributed by atoms with E-state index in [0.717, 1.165) is 84.6 Å². The van der Waals surface area contributed by atoms with Gasteiger partial charge < -0.3 is 9.13 Å². The average Bonchev–Trinajstić information content (AvgIpc) is 1.58. The van der Waals surface area contributed by atoms with Crippen LogP contribution in [0.3, 0.4) is 0 Å². The number of halogens is 6. The highest BCUT2D eigenvalue weighted by Crippen LogP contribution is 2.46. The van der Waals surface area contributed by atoms with Gasteiger partial charge in [-0.15, -0.1) is 0 Å². The van der Waals surface area contributed by atoms with Gasteiger partial charge >= 0.3 is 12.4 Å². The van der Waals surface area contributed by atoms with Crippen molar-refractivity contribution in [2.24, 2.45) is 0 Å². The van der Waals surface area contributed by atoms with Gasteiger partial charge in [0, 0.05) is 66.3 Å². The van der Waals surface area contributed by atoms with Crippen molar-refractivity contribution in [2.75, 3.05) is 0 Å². The maximum atomic E-state index is 14.8. The van der Waals surface area contributed by atoms with Crippen LogP contribution in [0.5, 0.6) is 0 Å². The number of benzene rings is 15. The van der Waals surface area contributed by atoms with Crippen molar-refractivity contribution in [1.82, 2.24) is 39.0 Å². The summed E-state index contributed by atoms with van der Waals surface area (Å²) in [5, 5.41) is 35.4. The predicted octanol–water partition coefficient (Wildman–Crippen LogP) is 25.9. The third kappa shape index (κ3) is 13.4. The minimum absolute atomic E-state index is 0.201. The van der Waals surface area contributed by atoms with Crippen LogP contribution in [0.1, 0.15) is 27.8 Å². The van der Waals surface area contributed by atoms with Crippen LogP contribution in [-0.4, -0.2) is 39.0 Å². The molecule has 17 heteroatoms. The Morgan fingerprint density at radius 1 is 0.220 bits per heavy atom. The number of aromatic nitrogens is 8. The molecule has 0 radical (unpaired) electrons. The zero-order chi connectivity index (χ0) is 80.3. The van der Waals surface area contributed by atoms with E-state index in [1.165, 1.54) is 12.1 Å². The first kappa shape index (κ1) is 72.2. The number of fused-ring (bicyclic) bond motifs is 6. The molecular weight excluding hydrogens is 1480 g/mol. The first-order chi connectivity index (χ1) is 57.6. The lowest BCUT2D eigenvalue weighted by molar-refractivity contribution is -0.138. The summed E-state index contributed by atoms with van der Waals surface area (Å²) in [6.07, 6.45) is -9.31. The summed E-state index contributed by atoms with van der Waals surface area (Å²) >= 11 is 0. The summed E-state index contributed by atoms with van der Waals surface area (Å²) in [7, 11) is 0. The van der Waals surface area contributed by atoms with Crippen molar-refractivity contribution < 1.29 is 26.3 Å². The number of alkyl halides is 6. The fraction of sp³-hybridized carbons (Fsp3) is 0.0198. The number of nitriles is 3. The normalized spacial score (nSPS) is 11.6. The second-order valence-corrected chi connectivity index (χ2v) is 28.5. The van der Waals surface area contributed by atoms with Crippen LogP contribution in [0, 0.1) is 34.0 Å². The quantitative estimate of drug-likeness (QED) is 0.0966. The van der Waals surface area contributed by atoms with E-state index in [0.29, 0.717) is 124 Å². The zero-order valence-corrected chi connectivity index (χ0v) is 62.1. The van der Waals surface area contributed by atoms with E-state index in [-0.39, 0.29) is 22.8 Å². The van der Waals surface area contributed by atoms with E-state index in [9.17, 15) is 42.1 Å². The van der Waals surface area contributed by atoms with Crippen LogP contribution in [0.25, 0.3) is 190 Å². The third-order valence-electron chi connectivity index (χ3n) is 21.4. The molecule has 0 fully saturated rings. The molecule has 0 unspecified atom stereocenters. The molecule has 0 aliphatic rings. The second-order valence-electron chi connectivity index (χ2n) is 28.5.